The number of methoxy groups -OCH3 is 1. The highest BCUT2D eigenvalue weighted by atomic mass is 79.9. The van der Waals surface area contributed by atoms with Crippen LogP contribution in [0.1, 0.15) is 12.0 Å². The maximum Gasteiger partial charge on any atom is 0.229 e. The summed E-state index contributed by atoms with van der Waals surface area (Å²) in [5.41, 5.74) is 2.20. The average molecular weight is 474 g/mol. The first-order valence-corrected chi connectivity index (χ1v) is 10.4. The molecule has 2 amide bonds. The number of amides is 2. The van der Waals surface area contributed by atoms with E-state index in [1.165, 1.54) is 12.1 Å². The van der Waals surface area contributed by atoms with Gasteiger partial charge in [0.05, 0.1) is 18.7 Å². The van der Waals surface area contributed by atoms with Gasteiger partial charge in [-0.15, -0.1) is 0 Å². The summed E-state index contributed by atoms with van der Waals surface area (Å²) in [6.07, 6.45) is 2.73. The van der Waals surface area contributed by atoms with Crippen LogP contribution >= 0.6 is 15.9 Å². The second-order valence-electron chi connectivity index (χ2n) is 7.33. The smallest absolute Gasteiger partial charge is 0.229 e. The molecule has 0 aliphatic carbocycles. The first kappa shape index (κ1) is 20.4. The number of H-pyrrole nitrogens is 1. The molecule has 1 unspecified atom stereocenters. The SMILES string of the molecule is COc1ccc2[nH]cc(CCN3CC(C(=O)Nc4ccc(Br)cc4F)CC3=O)c2c1. The summed E-state index contributed by atoms with van der Waals surface area (Å²) >= 11 is 3.19. The average Bonchev–Trinajstić information content (AvgIpc) is 3.31. The van der Waals surface area contributed by atoms with E-state index in [2.05, 4.69) is 26.2 Å². The number of ether oxygens (including phenoxy) is 1. The van der Waals surface area contributed by atoms with Crippen molar-refractivity contribution in [3.8, 4) is 5.75 Å². The van der Waals surface area contributed by atoms with Gasteiger partial charge in [-0.2, -0.15) is 0 Å². The second-order valence-corrected chi connectivity index (χ2v) is 8.25. The number of likely N-dealkylation sites (tertiary alicyclic amines) is 1. The van der Waals surface area contributed by atoms with Crippen molar-refractivity contribution in [3.63, 3.8) is 0 Å². The molecule has 8 heteroatoms. The molecule has 2 aromatic carbocycles. The first-order chi connectivity index (χ1) is 14.4. The van der Waals surface area contributed by atoms with Gasteiger partial charge in [-0.1, -0.05) is 15.9 Å². The van der Waals surface area contributed by atoms with Gasteiger partial charge >= 0.3 is 0 Å². The van der Waals surface area contributed by atoms with Crippen LogP contribution < -0.4 is 10.1 Å². The molecule has 0 radical (unpaired) electrons. The molecule has 1 aliphatic heterocycles. The van der Waals surface area contributed by atoms with Gasteiger partial charge in [0.2, 0.25) is 11.8 Å². The van der Waals surface area contributed by atoms with Gasteiger partial charge in [0, 0.05) is 41.1 Å². The molecule has 0 spiro atoms. The van der Waals surface area contributed by atoms with Gasteiger partial charge in [-0.25, -0.2) is 4.39 Å². The molecule has 0 bridgehead atoms. The van der Waals surface area contributed by atoms with Crippen molar-refractivity contribution in [2.75, 3.05) is 25.5 Å². The van der Waals surface area contributed by atoms with Gasteiger partial charge in [-0.3, -0.25) is 9.59 Å². The number of hydrogen-bond donors (Lipinski definition) is 2. The Morgan fingerprint density at radius 1 is 1.33 bits per heavy atom. The van der Waals surface area contributed by atoms with Crippen molar-refractivity contribution in [2.24, 2.45) is 5.92 Å². The van der Waals surface area contributed by atoms with Crippen molar-refractivity contribution in [3.05, 3.63) is 58.4 Å². The third kappa shape index (κ3) is 4.18. The molecule has 2 heterocycles. The third-order valence-corrected chi connectivity index (χ3v) is 5.89. The van der Waals surface area contributed by atoms with Crippen molar-refractivity contribution in [1.29, 1.82) is 0 Å². The number of halogens is 2. The standard InChI is InChI=1S/C22H21BrFN3O3/c1-30-16-3-5-19-17(10-16)13(11-25-19)6-7-27-12-14(8-21(27)28)22(29)26-20-4-2-15(23)9-18(20)24/h2-5,9-11,14,25H,6-8,12H2,1H3,(H,26,29). The predicted octanol–water partition coefficient (Wildman–Crippen LogP) is 4.11. The lowest BCUT2D eigenvalue weighted by atomic mass is 10.1. The molecule has 1 atom stereocenters. The Morgan fingerprint density at radius 2 is 2.17 bits per heavy atom. The largest absolute Gasteiger partial charge is 0.497 e. The van der Waals surface area contributed by atoms with Crippen molar-refractivity contribution < 1.29 is 18.7 Å². The Balaban J connectivity index is 1.38. The Bertz CT molecular complexity index is 1110. The van der Waals surface area contributed by atoms with Crippen LogP contribution in [-0.4, -0.2) is 41.9 Å². The van der Waals surface area contributed by atoms with Crippen LogP contribution in [0.5, 0.6) is 5.75 Å². The Morgan fingerprint density at radius 3 is 2.93 bits per heavy atom. The summed E-state index contributed by atoms with van der Waals surface area (Å²) in [5.74, 6) is -0.650. The summed E-state index contributed by atoms with van der Waals surface area (Å²) in [6.45, 7) is 0.841. The van der Waals surface area contributed by atoms with E-state index >= 15 is 0 Å². The lowest BCUT2D eigenvalue weighted by molar-refractivity contribution is -0.128. The van der Waals surface area contributed by atoms with Crippen LogP contribution in [0.3, 0.4) is 0 Å². The van der Waals surface area contributed by atoms with E-state index in [1.54, 1.807) is 18.1 Å². The lowest BCUT2D eigenvalue weighted by Gasteiger charge is -2.16. The Kier molecular flexibility index (Phi) is 5.76. The highest BCUT2D eigenvalue weighted by Gasteiger charge is 2.34. The fourth-order valence-corrected chi connectivity index (χ4v) is 4.07. The van der Waals surface area contributed by atoms with E-state index in [4.69, 9.17) is 4.74 Å². The zero-order valence-electron chi connectivity index (χ0n) is 16.4. The predicted molar refractivity (Wildman–Crippen MR) is 116 cm³/mol. The van der Waals surface area contributed by atoms with E-state index in [0.29, 0.717) is 24.0 Å². The molecular weight excluding hydrogens is 453 g/mol. The van der Waals surface area contributed by atoms with Gasteiger partial charge in [0.25, 0.3) is 0 Å². The Labute approximate surface area is 181 Å². The summed E-state index contributed by atoms with van der Waals surface area (Å²) in [7, 11) is 1.63. The number of nitrogens with zero attached hydrogens (tertiary/aromatic N) is 1. The van der Waals surface area contributed by atoms with Crippen molar-refractivity contribution >= 4 is 44.3 Å². The maximum atomic E-state index is 14.0. The molecule has 0 saturated carbocycles. The molecule has 1 saturated heterocycles. The summed E-state index contributed by atoms with van der Waals surface area (Å²) in [5, 5.41) is 3.65. The summed E-state index contributed by atoms with van der Waals surface area (Å²) in [6, 6.07) is 10.3. The number of carbonyl (C=O) groups excluding carboxylic acids is 2. The normalized spacial score (nSPS) is 16.3. The number of aromatic amines is 1. The zero-order chi connectivity index (χ0) is 21.3. The topological polar surface area (TPSA) is 74.4 Å². The number of anilines is 1. The molecule has 2 N–H and O–H groups in total. The minimum atomic E-state index is -0.520. The molecule has 6 nitrogen and oxygen atoms in total. The molecule has 4 rings (SSSR count). The molecule has 156 valence electrons. The highest BCUT2D eigenvalue weighted by Crippen LogP contribution is 2.26. The van der Waals surface area contributed by atoms with E-state index in [1.807, 2.05) is 24.4 Å². The van der Waals surface area contributed by atoms with E-state index in [-0.39, 0.29) is 23.9 Å². The van der Waals surface area contributed by atoms with Crippen LogP contribution in [0, 0.1) is 11.7 Å². The van der Waals surface area contributed by atoms with Gasteiger partial charge in [0.1, 0.15) is 11.6 Å². The van der Waals surface area contributed by atoms with E-state index in [0.717, 1.165) is 22.2 Å². The first-order valence-electron chi connectivity index (χ1n) is 9.62. The van der Waals surface area contributed by atoms with Crippen LogP contribution in [0.25, 0.3) is 10.9 Å². The summed E-state index contributed by atoms with van der Waals surface area (Å²) in [4.78, 5) is 29.9. The lowest BCUT2D eigenvalue weighted by Crippen LogP contribution is -2.30. The molecule has 1 aliphatic rings. The number of benzene rings is 2. The molecule has 30 heavy (non-hydrogen) atoms. The number of hydrogen-bond acceptors (Lipinski definition) is 3. The second kappa shape index (κ2) is 8.47. The monoisotopic (exact) mass is 473 g/mol. The van der Waals surface area contributed by atoms with Gasteiger partial charge in [-0.05, 0) is 48.4 Å². The van der Waals surface area contributed by atoms with Crippen LogP contribution in [0.15, 0.2) is 47.1 Å². The van der Waals surface area contributed by atoms with Gasteiger partial charge in [0.15, 0.2) is 0 Å². The van der Waals surface area contributed by atoms with E-state index < -0.39 is 11.7 Å². The van der Waals surface area contributed by atoms with Gasteiger partial charge < -0.3 is 19.9 Å². The van der Waals surface area contributed by atoms with Crippen molar-refractivity contribution in [1.82, 2.24) is 9.88 Å². The van der Waals surface area contributed by atoms with Crippen LogP contribution in [0.2, 0.25) is 0 Å². The molecule has 1 aromatic heterocycles. The molecule has 1 fully saturated rings. The zero-order valence-corrected chi connectivity index (χ0v) is 18.0. The fourth-order valence-electron chi connectivity index (χ4n) is 3.74. The number of carbonyl (C=O) groups is 2. The Hall–Kier alpha value is -2.87. The minimum absolute atomic E-state index is 0.0659. The minimum Gasteiger partial charge on any atom is -0.497 e. The maximum absolute atomic E-state index is 14.0. The molecular formula is C22H21BrFN3O3. The number of aromatic nitrogens is 1. The summed E-state index contributed by atoms with van der Waals surface area (Å²) < 4.78 is 19.9. The number of fused-ring (bicyclic) bond motifs is 1. The van der Waals surface area contributed by atoms with Crippen LogP contribution in [-0.2, 0) is 16.0 Å². The highest BCUT2D eigenvalue weighted by molar-refractivity contribution is 9.10. The van der Waals surface area contributed by atoms with Crippen LogP contribution in [0.4, 0.5) is 10.1 Å². The fraction of sp³-hybridized carbons (Fsp3) is 0.273. The number of nitrogens with one attached hydrogen (secondary N) is 2. The number of rotatable bonds is 6. The molecule has 3 aromatic rings. The van der Waals surface area contributed by atoms with Crippen molar-refractivity contribution in [2.45, 2.75) is 12.8 Å². The third-order valence-electron chi connectivity index (χ3n) is 5.40. The van der Waals surface area contributed by atoms with E-state index in [9.17, 15) is 14.0 Å². The quantitative estimate of drug-likeness (QED) is 0.565.